The Labute approximate surface area is 174 Å². The van der Waals surface area contributed by atoms with Crippen LogP contribution in [0, 0.1) is 18.7 Å². The summed E-state index contributed by atoms with van der Waals surface area (Å²) in [5, 5.41) is 3.64. The number of rotatable bonds is 7. The number of benzene rings is 2. The van der Waals surface area contributed by atoms with Crippen LogP contribution in [-0.4, -0.2) is 37.2 Å². The normalized spacial score (nSPS) is 23.9. The van der Waals surface area contributed by atoms with E-state index in [4.69, 9.17) is 4.74 Å². The standard InChI is InChI=1S/C25H33FN2O/c1-4-21-12-18(2)23(26)14-24(21)27-17-25-10-5-11-28(25)16-20(15-25)13-19-6-8-22(29-3)9-7-19/h6-9,12,14,20,27H,4-5,10-11,13,15-17H2,1-3H3. The van der Waals surface area contributed by atoms with Crippen LogP contribution in [0.1, 0.15) is 42.9 Å². The number of nitrogens with zero attached hydrogens (tertiary/aromatic N) is 1. The molecular weight excluding hydrogens is 363 g/mol. The third kappa shape index (κ3) is 4.13. The fourth-order valence-corrected chi connectivity index (χ4v) is 5.39. The Kier molecular flexibility index (Phi) is 5.82. The summed E-state index contributed by atoms with van der Waals surface area (Å²) >= 11 is 0. The molecule has 0 saturated carbocycles. The quantitative estimate of drug-likeness (QED) is 0.695. The van der Waals surface area contributed by atoms with Crippen LogP contribution < -0.4 is 10.1 Å². The Hall–Kier alpha value is -2.07. The Balaban J connectivity index is 1.44. The van der Waals surface area contributed by atoms with E-state index in [0.717, 1.165) is 42.9 Å². The maximum absolute atomic E-state index is 14.2. The molecule has 0 bridgehead atoms. The number of methoxy groups -OCH3 is 1. The van der Waals surface area contributed by atoms with Gasteiger partial charge in [0.05, 0.1) is 7.11 Å². The van der Waals surface area contributed by atoms with Gasteiger partial charge in [0.1, 0.15) is 11.6 Å². The van der Waals surface area contributed by atoms with E-state index >= 15 is 0 Å². The van der Waals surface area contributed by atoms with Crippen molar-refractivity contribution in [3.05, 3.63) is 58.9 Å². The van der Waals surface area contributed by atoms with Crippen molar-refractivity contribution < 1.29 is 9.13 Å². The summed E-state index contributed by atoms with van der Waals surface area (Å²) in [5.74, 6) is 1.47. The third-order valence-electron chi connectivity index (χ3n) is 6.94. The van der Waals surface area contributed by atoms with E-state index in [1.807, 2.05) is 13.0 Å². The molecule has 1 N–H and O–H groups in total. The van der Waals surface area contributed by atoms with Gasteiger partial charge in [-0.1, -0.05) is 25.1 Å². The first-order valence-electron chi connectivity index (χ1n) is 10.9. The summed E-state index contributed by atoms with van der Waals surface area (Å²) in [6, 6.07) is 12.2. The van der Waals surface area contributed by atoms with E-state index in [1.165, 1.54) is 36.9 Å². The Bertz CT molecular complexity index is 851. The lowest BCUT2D eigenvalue weighted by Gasteiger charge is -2.33. The Morgan fingerprint density at radius 1 is 1.24 bits per heavy atom. The third-order valence-corrected chi connectivity index (χ3v) is 6.94. The molecule has 3 nitrogen and oxygen atoms in total. The lowest BCUT2D eigenvalue weighted by Crippen LogP contribution is -2.44. The predicted octanol–water partition coefficient (Wildman–Crippen LogP) is 5.21. The number of hydrogen-bond acceptors (Lipinski definition) is 3. The first kappa shape index (κ1) is 20.2. The van der Waals surface area contributed by atoms with E-state index in [-0.39, 0.29) is 11.4 Å². The van der Waals surface area contributed by atoms with Crippen molar-refractivity contribution in [1.29, 1.82) is 0 Å². The molecule has 2 atom stereocenters. The lowest BCUT2D eigenvalue weighted by atomic mass is 9.87. The van der Waals surface area contributed by atoms with Crippen molar-refractivity contribution >= 4 is 5.69 Å². The van der Waals surface area contributed by atoms with Crippen LogP contribution in [0.2, 0.25) is 0 Å². The highest BCUT2D eigenvalue weighted by molar-refractivity contribution is 5.53. The van der Waals surface area contributed by atoms with Gasteiger partial charge in [-0.3, -0.25) is 4.90 Å². The molecule has 156 valence electrons. The number of halogens is 1. The molecule has 29 heavy (non-hydrogen) atoms. The molecule has 2 aromatic carbocycles. The van der Waals surface area contributed by atoms with Gasteiger partial charge in [-0.2, -0.15) is 0 Å². The average Bonchev–Trinajstić information content (AvgIpc) is 3.26. The van der Waals surface area contributed by atoms with Crippen LogP contribution in [0.4, 0.5) is 10.1 Å². The first-order chi connectivity index (χ1) is 14.0. The summed E-state index contributed by atoms with van der Waals surface area (Å²) in [6.07, 6.45) is 5.73. The molecular formula is C25H33FN2O. The van der Waals surface area contributed by atoms with Crippen LogP contribution in [0.5, 0.6) is 5.75 Å². The van der Waals surface area contributed by atoms with Crippen molar-refractivity contribution in [2.24, 2.45) is 5.92 Å². The van der Waals surface area contributed by atoms with Gasteiger partial charge in [-0.15, -0.1) is 0 Å². The highest BCUT2D eigenvalue weighted by Gasteiger charge is 2.47. The SMILES string of the molecule is CCc1cc(C)c(F)cc1NCC12CCCN1CC(Cc1ccc(OC)cc1)C2. The summed E-state index contributed by atoms with van der Waals surface area (Å²) in [4.78, 5) is 2.68. The van der Waals surface area contributed by atoms with Gasteiger partial charge < -0.3 is 10.1 Å². The van der Waals surface area contributed by atoms with E-state index in [9.17, 15) is 4.39 Å². The largest absolute Gasteiger partial charge is 0.497 e. The van der Waals surface area contributed by atoms with Crippen LogP contribution in [0.3, 0.4) is 0 Å². The minimum Gasteiger partial charge on any atom is -0.497 e. The molecule has 0 aromatic heterocycles. The zero-order chi connectivity index (χ0) is 20.4. The maximum Gasteiger partial charge on any atom is 0.128 e. The zero-order valence-corrected chi connectivity index (χ0v) is 17.9. The molecule has 0 radical (unpaired) electrons. The average molecular weight is 397 g/mol. The summed E-state index contributed by atoms with van der Waals surface area (Å²) in [5.41, 5.74) is 4.50. The van der Waals surface area contributed by atoms with Crippen LogP contribution in [-0.2, 0) is 12.8 Å². The lowest BCUT2D eigenvalue weighted by molar-refractivity contribution is 0.209. The Morgan fingerprint density at radius 2 is 2.03 bits per heavy atom. The van der Waals surface area contributed by atoms with Crippen molar-refractivity contribution in [1.82, 2.24) is 4.90 Å². The van der Waals surface area contributed by atoms with Gasteiger partial charge >= 0.3 is 0 Å². The van der Waals surface area contributed by atoms with Gasteiger partial charge in [-0.25, -0.2) is 4.39 Å². The van der Waals surface area contributed by atoms with E-state index < -0.39 is 0 Å². The van der Waals surface area contributed by atoms with Crippen LogP contribution in [0.25, 0.3) is 0 Å². The fraction of sp³-hybridized carbons (Fsp3) is 0.520. The van der Waals surface area contributed by atoms with E-state index in [1.54, 1.807) is 13.2 Å². The van der Waals surface area contributed by atoms with Gasteiger partial charge in [-0.05, 0) is 86.4 Å². The monoisotopic (exact) mass is 396 g/mol. The second kappa shape index (κ2) is 8.35. The summed E-state index contributed by atoms with van der Waals surface area (Å²) in [7, 11) is 1.71. The fourth-order valence-electron chi connectivity index (χ4n) is 5.39. The van der Waals surface area contributed by atoms with E-state index in [0.29, 0.717) is 5.92 Å². The summed E-state index contributed by atoms with van der Waals surface area (Å²) < 4.78 is 19.4. The molecule has 0 aliphatic carbocycles. The molecule has 2 heterocycles. The molecule has 4 heteroatoms. The maximum atomic E-state index is 14.2. The Morgan fingerprint density at radius 3 is 2.76 bits per heavy atom. The minimum atomic E-state index is -0.116. The molecule has 4 rings (SSSR count). The van der Waals surface area contributed by atoms with Crippen molar-refractivity contribution in [3.63, 3.8) is 0 Å². The van der Waals surface area contributed by atoms with Gasteiger partial charge in [0.25, 0.3) is 0 Å². The van der Waals surface area contributed by atoms with Crippen molar-refractivity contribution in [2.75, 3.05) is 32.1 Å². The highest BCUT2D eigenvalue weighted by Crippen LogP contribution is 2.43. The van der Waals surface area contributed by atoms with Gasteiger partial charge in [0.2, 0.25) is 0 Å². The molecule has 2 saturated heterocycles. The highest BCUT2D eigenvalue weighted by atomic mass is 19.1. The molecule has 2 unspecified atom stereocenters. The van der Waals surface area contributed by atoms with Crippen LogP contribution >= 0.6 is 0 Å². The molecule has 0 amide bonds. The molecule has 2 aliphatic heterocycles. The topological polar surface area (TPSA) is 24.5 Å². The number of anilines is 1. The number of hydrogen-bond donors (Lipinski definition) is 1. The number of nitrogens with one attached hydrogen (secondary N) is 1. The molecule has 2 aromatic rings. The van der Waals surface area contributed by atoms with Crippen molar-refractivity contribution in [3.8, 4) is 5.75 Å². The second-order valence-corrected chi connectivity index (χ2v) is 8.86. The summed E-state index contributed by atoms with van der Waals surface area (Å²) in [6.45, 7) is 7.23. The number of aryl methyl sites for hydroxylation is 2. The van der Waals surface area contributed by atoms with Gasteiger partial charge in [0.15, 0.2) is 0 Å². The number of fused-ring (bicyclic) bond motifs is 1. The number of ether oxygens (including phenoxy) is 1. The predicted molar refractivity (Wildman–Crippen MR) is 117 cm³/mol. The van der Waals surface area contributed by atoms with Crippen LogP contribution in [0.15, 0.2) is 36.4 Å². The second-order valence-electron chi connectivity index (χ2n) is 8.86. The molecule has 0 spiro atoms. The smallest absolute Gasteiger partial charge is 0.128 e. The van der Waals surface area contributed by atoms with Gasteiger partial charge in [0, 0.05) is 24.3 Å². The van der Waals surface area contributed by atoms with E-state index in [2.05, 4.69) is 41.4 Å². The minimum absolute atomic E-state index is 0.116. The zero-order valence-electron chi connectivity index (χ0n) is 17.9. The molecule has 2 fully saturated rings. The molecule has 2 aliphatic rings. The van der Waals surface area contributed by atoms with Crippen molar-refractivity contribution in [2.45, 2.75) is 51.5 Å². The first-order valence-corrected chi connectivity index (χ1v) is 10.9.